The molecule has 0 saturated carbocycles. The van der Waals surface area contributed by atoms with Gasteiger partial charge in [0.25, 0.3) is 0 Å². The highest BCUT2D eigenvalue weighted by atomic mass is 32.1. The van der Waals surface area contributed by atoms with Gasteiger partial charge in [-0.2, -0.15) is 0 Å². The molecule has 1 aliphatic rings. The van der Waals surface area contributed by atoms with Crippen LogP contribution >= 0.6 is 23.6 Å². The van der Waals surface area contributed by atoms with Crippen molar-refractivity contribution >= 4 is 33.7 Å². The van der Waals surface area contributed by atoms with Gasteiger partial charge in [0.05, 0.1) is 11.0 Å². The fraction of sp³-hybridized carbons (Fsp3) is 0.700. The van der Waals surface area contributed by atoms with Gasteiger partial charge >= 0.3 is 0 Å². The third kappa shape index (κ3) is 2.91. The first kappa shape index (κ1) is 12.7. The predicted octanol–water partition coefficient (Wildman–Crippen LogP) is 0.725. The number of nitrogens with zero attached hydrogens (tertiary/aromatic N) is 4. The van der Waals surface area contributed by atoms with Crippen LogP contribution < -0.4 is 10.6 Å². The zero-order valence-electron chi connectivity index (χ0n) is 9.87. The first-order valence-corrected chi connectivity index (χ1v) is 7.05. The second-order valence-corrected chi connectivity index (χ2v) is 5.35. The normalized spacial score (nSPS) is 19.2. The highest BCUT2D eigenvalue weighted by Gasteiger charge is 2.25. The van der Waals surface area contributed by atoms with Gasteiger partial charge in [0.2, 0.25) is 5.13 Å². The van der Waals surface area contributed by atoms with Crippen molar-refractivity contribution in [3.05, 3.63) is 5.51 Å². The van der Waals surface area contributed by atoms with Crippen molar-refractivity contribution in [3.63, 3.8) is 0 Å². The number of piperazine rings is 1. The molecule has 5 nitrogen and oxygen atoms in total. The Morgan fingerprint density at radius 3 is 2.71 bits per heavy atom. The van der Waals surface area contributed by atoms with Crippen LogP contribution in [0.1, 0.15) is 13.3 Å². The molecular weight excluding hydrogens is 254 g/mol. The van der Waals surface area contributed by atoms with Gasteiger partial charge in [0.15, 0.2) is 0 Å². The molecule has 1 aliphatic heterocycles. The molecule has 1 saturated heterocycles. The van der Waals surface area contributed by atoms with Crippen LogP contribution in [0.4, 0.5) is 5.13 Å². The summed E-state index contributed by atoms with van der Waals surface area (Å²) in [5.74, 6) is 0. The predicted molar refractivity (Wildman–Crippen MR) is 74.6 cm³/mol. The molecule has 0 radical (unpaired) electrons. The number of nitrogens with two attached hydrogens (primary N) is 1. The van der Waals surface area contributed by atoms with Gasteiger partial charge in [-0.05, 0) is 6.42 Å². The van der Waals surface area contributed by atoms with Gasteiger partial charge in [-0.3, -0.25) is 4.90 Å². The van der Waals surface area contributed by atoms with E-state index in [2.05, 4.69) is 26.9 Å². The molecule has 7 heteroatoms. The van der Waals surface area contributed by atoms with Crippen molar-refractivity contribution < 1.29 is 0 Å². The molecule has 0 amide bonds. The van der Waals surface area contributed by atoms with Gasteiger partial charge in [0.1, 0.15) is 5.51 Å². The SMILES string of the molecule is CCC(C(N)=S)N1CCN(c2nncs2)CC1. The Morgan fingerprint density at radius 1 is 1.53 bits per heavy atom. The van der Waals surface area contributed by atoms with Crippen LogP contribution in [0.15, 0.2) is 5.51 Å². The highest BCUT2D eigenvalue weighted by Crippen LogP contribution is 2.18. The largest absolute Gasteiger partial charge is 0.392 e. The summed E-state index contributed by atoms with van der Waals surface area (Å²) in [4.78, 5) is 5.23. The standard InChI is InChI=1S/C10H17N5S2/c1-2-8(9(11)16)14-3-5-15(6-4-14)10-13-12-7-17-10/h7-8H,2-6H2,1H3,(H2,11,16). The summed E-state index contributed by atoms with van der Waals surface area (Å²) < 4.78 is 0. The van der Waals surface area contributed by atoms with Crippen LogP contribution in [-0.4, -0.2) is 52.3 Å². The number of anilines is 1. The van der Waals surface area contributed by atoms with E-state index in [1.807, 2.05) is 0 Å². The lowest BCUT2D eigenvalue weighted by molar-refractivity contribution is 0.224. The third-order valence-corrected chi connectivity index (χ3v) is 4.11. The van der Waals surface area contributed by atoms with Crippen molar-refractivity contribution in [1.29, 1.82) is 0 Å². The van der Waals surface area contributed by atoms with E-state index in [0.717, 1.165) is 37.7 Å². The summed E-state index contributed by atoms with van der Waals surface area (Å²) in [6.45, 7) is 6.02. The van der Waals surface area contributed by atoms with Crippen molar-refractivity contribution in [1.82, 2.24) is 15.1 Å². The molecule has 2 heterocycles. The molecule has 0 spiro atoms. The van der Waals surface area contributed by atoms with Crippen LogP contribution in [0.3, 0.4) is 0 Å². The molecule has 94 valence electrons. The lowest BCUT2D eigenvalue weighted by Crippen LogP contribution is -2.53. The molecule has 1 aromatic rings. The molecule has 1 aromatic heterocycles. The number of aromatic nitrogens is 2. The number of thiocarbonyl (C=S) groups is 1. The quantitative estimate of drug-likeness (QED) is 0.815. The van der Waals surface area contributed by atoms with Crippen molar-refractivity contribution in [2.75, 3.05) is 31.1 Å². The smallest absolute Gasteiger partial charge is 0.208 e. The maximum absolute atomic E-state index is 5.76. The summed E-state index contributed by atoms with van der Waals surface area (Å²) in [5, 5.41) is 8.97. The molecule has 2 rings (SSSR count). The molecule has 1 fully saturated rings. The first-order valence-electron chi connectivity index (χ1n) is 5.77. The molecule has 0 aromatic carbocycles. The minimum absolute atomic E-state index is 0.238. The van der Waals surface area contributed by atoms with E-state index in [0.29, 0.717) is 4.99 Å². The topological polar surface area (TPSA) is 58.3 Å². The van der Waals surface area contributed by atoms with Crippen molar-refractivity contribution in [2.45, 2.75) is 19.4 Å². The van der Waals surface area contributed by atoms with E-state index in [9.17, 15) is 0 Å². The lowest BCUT2D eigenvalue weighted by atomic mass is 10.1. The van der Waals surface area contributed by atoms with Crippen molar-refractivity contribution in [2.24, 2.45) is 5.73 Å². The Morgan fingerprint density at radius 2 is 2.24 bits per heavy atom. The van der Waals surface area contributed by atoms with Gasteiger partial charge < -0.3 is 10.6 Å². The summed E-state index contributed by atoms with van der Waals surface area (Å²) >= 11 is 6.69. The van der Waals surface area contributed by atoms with Crippen LogP contribution in [-0.2, 0) is 0 Å². The summed E-state index contributed by atoms with van der Waals surface area (Å²) in [7, 11) is 0. The monoisotopic (exact) mass is 271 g/mol. The molecule has 17 heavy (non-hydrogen) atoms. The van der Waals surface area contributed by atoms with Crippen LogP contribution in [0.2, 0.25) is 0 Å². The zero-order valence-corrected chi connectivity index (χ0v) is 11.5. The second kappa shape index (κ2) is 5.70. The molecule has 0 aliphatic carbocycles. The van der Waals surface area contributed by atoms with Gasteiger partial charge in [-0.1, -0.05) is 30.5 Å². The van der Waals surface area contributed by atoms with E-state index >= 15 is 0 Å². The van der Waals surface area contributed by atoms with E-state index in [1.54, 1.807) is 16.8 Å². The highest BCUT2D eigenvalue weighted by molar-refractivity contribution is 7.80. The van der Waals surface area contributed by atoms with Gasteiger partial charge in [-0.25, -0.2) is 0 Å². The minimum atomic E-state index is 0.238. The second-order valence-electron chi connectivity index (χ2n) is 4.07. The van der Waals surface area contributed by atoms with Crippen LogP contribution in [0.25, 0.3) is 0 Å². The Labute approximate surface area is 111 Å². The molecule has 1 unspecified atom stereocenters. The number of hydrogen-bond donors (Lipinski definition) is 1. The molecular formula is C10H17N5S2. The Balaban J connectivity index is 1.91. The number of hydrogen-bond acceptors (Lipinski definition) is 6. The van der Waals surface area contributed by atoms with Crippen molar-refractivity contribution in [3.8, 4) is 0 Å². The van der Waals surface area contributed by atoms with E-state index < -0.39 is 0 Å². The van der Waals surface area contributed by atoms with Crippen LogP contribution in [0.5, 0.6) is 0 Å². The van der Waals surface area contributed by atoms with E-state index in [-0.39, 0.29) is 6.04 Å². The molecule has 1 atom stereocenters. The van der Waals surface area contributed by atoms with Gasteiger partial charge in [-0.15, -0.1) is 10.2 Å². The first-order chi connectivity index (χ1) is 8.22. The Kier molecular flexibility index (Phi) is 4.25. The summed E-state index contributed by atoms with van der Waals surface area (Å²) in [5.41, 5.74) is 7.53. The average molecular weight is 271 g/mol. The van der Waals surface area contributed by atoms with E-state index in [1.165, 1.54) is 0 Å². The van der Waals surface area contributed by atoms with Crippen LogP contribution in [0, 0.1) is 0 Å². The lowest BCUT2D eigenvalue weighted by Gasteiger charge is -2.38. The Hall–Kier alpha value is -0.790. The average Bonchev–Trinajstić information content (AvgIpc) is 2.84. The third-order valence-electron chi connectivity index (χ3n) is 3.09. The summed E-state index contributed by atoms with van der Waals surface area (Å²) in [6, 6.07) is 0.238. The fourth-order valence-electron chi connectivity index (χ4n) is 2.17. The number of rotatable bonds is 4. The zero-order chi connectivity index (χ0) is 12.3. The summed E-state index contributed by atoms with van der Waals surface area (Å²) in [6.07, 6.45) is 0.980. The maximum Gasteiger partial charge on any atom is 0.208 e. The fourth-order valence-corrected chi connectivity index (χ4v) is 3.10. The maximum atomic E-state index is 5.76. The minimum Gasteiger partial charge on any atom is -0.392 e. The van der Waals surface area contributed by atoms with Gasteiger partial charge in [0, 0.05) is 26.2 Å². The molecule has 0 bridgehead atoms. The molecule has 2 N–H and O–H groups in total. The van der Waals surface area contributed by atoms with E-state index in [4.69, 9.17) is 18.0 Å². The Bertz CT molecular complexity index is 359.